The van der Waals surface area contributed by atoms with Gasteiger partial charge in [-0.1, -0.05) is 6.07 Å². The van der Waals surface area contributed by atoms with Gasteiger partial charge in [-0.05, 0) is 44.4 Å². The first-order chi connectivity index (χ1) is 8.04. The van der Waals surface area contributed by atoms with Crippen LogP contribution in [-0.2, 0) is 0 Å². The largest absolute Gasteiger partial charge is 0.350 e. The number of aryl methyl sites for hydroxylation is 1. The molecule has 1 aromatic rings. The van der Waals surface area contributed by atoms with Crippen LogP contribution in [0.2, 0.25) is 0 Å². The normalized spacial score (nSPS) is 12.2. The summed E-state index contributed by atoms with van der Waals surface area (Å²) < 4.78 is 13.1. The standard InChI is InChI=1S/C13H17ClFNO/c1-9-5-6-11(15)8-12(9)13(17)16-10(2)4-3-7-14/h5-6,8,10H,3-4,7H2,1-2H3,(H,16,17). The van der Waals surface area contributed by atoms with E-state index in [0.717, 1.165) is 18.4 Å². The number of hydrogen-bond donors (Lipinski definition) is 1. The van der Waals surface area contributed by atoms with Crippen LogP contribution in [0.5, 0.6) is 0 Å². The fourth-order valence-electron chi connectivity index (χ4n) is 1.60. The van der Waals surface area contributed by atoms with Crippen LogP contribution in [0.15, 0.2) is 18.2 Å². The monoisotopic (exact) mass is 257 g/mol. The summed E-state index contributed by atoms with van der Waals surface area (Å²) >= 11 is 5.58. The molecule has 1 rings (SSSR count). The van der Waals surface area contributed by atoms with E-state index < -0.39 is 5.82 Å². The van der Waals surface area contributed by atoms with Gasteiger partial charge in [-0.2, -0.15) is 0 Å². The molecular weight excluding hydrogens is 241 g/mol. The van der Waals surface area contributed by atoms with Crippen molar-refractivity contribution in [2.24, 2.45) is 0 Å². The lowest BCUT2D eigenvalue weighted by molar-refractivity contribution is 0.0937. The molecule has 0 bridgehead atoms. The molecule has 1 aromatic carbocycles. The highest BCUT2D eigenvalue weighted by atomic mass is 35.5. The average Bonchev–Trinajstić information content (AvgIpc) is 2.29. The van der Waals surface area contributed by atoms with Crippen LogP contribution >= 0.6 is 11.6 Å². The Labute approximate surface area is 106 Å². The maximum atomic E-state index is 13.1. The summed E-state index contributed by atoms with van der Waals surface area (Å²) in [5, 5.41) is 2.83. The molecule has 1 atom stereocenters. The number of alkyl halides is 1. The van der Waals surface area contributed by atoms with Crippen molar-refractivity contribution in [3.05, 3.63) is 35.1 Å². The van der Waals surface area contributed by atoms with Gasteiger partial charge < -0.3 is 5.32 Å². The number of amides is 1. The van der Waals surface area contributed by atoms with E-state index >= 15 is 0 Å². The van der Waals surface area contributed by atoms with Crippen molar-refractivity contribution in [3.63, 3.8) is 0 Å². The molecule has 0 aliphatic rings. The second-order valence-electron chi connectivity index (χ2n) is 4.16. The fourth-order valence-corrected chi connectivity index (χ4v) is 1.75. The summed E-state index contributed by atoms with van der Waals surface area (Å²) in [6.07, 6.45) is 1.68. The molecule has 1 amide bonds. The predicted molar refractivity (Wildman–Crippen MR) is 68.0 cm³/mol. The number of halogens is 2. The lowest BCUT2D eigenvalue weighted by Crippen LogP contribution is -2.33. The first kappa shape index (κ1) is 14.0. The van der Waals surface area contributed by atoms with E-state index in [1.807, 2.05) is 6.92 Å². The molecule has 2 nitrogen and oxygen atoms in total. The summed E-state index contributed by atoms with van der Waals surface area (Å²) in [5.74, 6) is -0.0441. The van der Waals surface area contributed by atoms with Crippen molar-refractivity contribution >= 4 is 17.5 Å². The van der Waals surface area contributed by atoms with Gasteiger partial charge in [-0.3, -0.25) is 4.79 Å². The van der Waals surface area contributed by atoms with E-state index in [2.05, 4.69) is 5.32 Å². The minimum absolute atomic E-state index is 0.0453. The van der Waals surface area contributed by atoms with Crippen molar-refractivity contribution in [1.82, 2.24) is 5.32 Å². The molecule has 17 heavy (non-hydrogen) atoms. The molecular formula is C13H17ClFNO. The molecule has 94 valence electrons. The minimum atomic E-state index is -0.394. The molecule has 0 radical (unpaired) electrons. The van der Waals surface area contributed by atoms with Gasteiger partial charge in [0.25, 0.3) is 5.91 Å². The smallest absolute Gasteiger partial charge is 0.251 e. The maximum absolute atomic E-state index is 13.1. The Bertz CT molecular complexity index is 395. The van der Waals surface area contributed by atoms with Gasteiger partial charge in [0.2, 0.25) is 0 Å². The quantitative estimate of drug-likeness (QED) is 0.806. The number of nitrogens with one attached hydrogen (secondary N) is 1. The van der Waals surface area contributed by atoms with Crippen molar-refractivity contribution in [3.8, 4) is 0 Å². The summed E-state index contributed by atoms with van der Waals surface area (Å²) in [6, 6.07) is 4.26. The Balaban J connectivity index is 2.66. The van der Waals surface area contributed by atoms with Gasteiger partial charge in [-0.15, -0.1) is 11.6 Å². The second-order valence-corrected chi connectivity index (χ2v) is 4.54. The van der Waals surface area contributed by atoms with Crippen LogP contribution in [-0.4, -0.2) is 17.8 Å². The van der Waals surface area contributed by atoms with Crippen molar-refractivity contribution < 1.29 is 9.18 Å². The first-order valence-electron chi connectivity index (χ1n) is 5.67. The lowest BCUT2D eigenvalue weighted by Gasteiger charge is -2.14. The van der Waals surface area contributed by atoms with Gasteiger partial charge in [-0.25, -0.2) is 4.39 Å². The minimum Gasteiger partial charge on any atom is -0.350 e. The Hall–Kier alpha value is -1.09. The van der Waals surface area contributed by atoms with Gasteiger partial charge in [0.1, 0.15) is 5.82 Å². The number of carbonyl (C=O) groups is 1. The lowest BCUT2D eigenvalue weighted by atomic mass is 10.1. The first-order valence-corrected chi connectivity index (χ1v) is 6.21. The van der Waals surface area contributed by atoms with Crippen LogP contribution in [0, 0.1) is 12.7 Å². The highest BCUT2D eigenvalue weighted by molar-refractivity contribution is 6.17. The molecule has 0 fully saturated rings. The van der Waals surface area contributed by atoms with Crippen molar-refractivity contribution in [2.45, 2.75) is 32.7 Å². The maximum Gasteiger partial charge on any atom is 0.251 e. The Morgan fingerprint density at radius 1 is 1.53 bits per heavy atom. The number of benzene rings is 1. The van der Waals surface area contributed by atoms with Crippen LogP contribution in [0.4, 0.5) is 4.39 Å². The molecule has 0 heterocycles. The van der Waals surface area contributed by atoms with Crippen LogP contribution < -0.4 is 5.32 Å². The zero-order chi connectivity index (χ0) is 12.8. The van der Waals surface area contributed by atoms with Gasteiger partial charge in [0, 0.05) is 17.5 Å². The van der Waals surface area contributed by atoms with Crippen LogP contribution in [0.25, 0.3) is 0 Å². The van der Waals surface area contributed by atoms with Crippen LogP contribution in [0.1, 0.15) is 35.7 Å². The fraction of sp³-hybridized carbons (Fsp3) is 0.462. The molecule has 0 aliphatic heterocycles. The number of carbonyl (C=O) groups excluding carboxylic acids is 1. The van der Waals surface area contributed by atoms with E-state index in [1.165, 1.54) is 12.1 Å². The average molecular weight is 258 g/mol. The van der Waals surface area contributed by atoms with Crippen molar-refractivity contribution in [2.75, 3.05) is 5.88 Å². The Morgan fingerprint density at radius 2 is 2.24 bits per heavy atom. The SMILES string of the molecule is Cc1ccc(F)cc1C(=O)NC(C)CCCCl. The zero-order valence-corrected chi connectivity index (χ0v) is 10.9. The predicted octanol–water partition coefficient (Wildman–Crippen LogP) is 3.27. The van der Waals surface area contributed by atoms with Crippen molar-refractivity contribution in [1.29, 1.82) is 0 Å². The number of hydrogen-bond acceptors (Lipinski definition) is 1. The highest BCUT2D eigenvalue weighted by Gasteiger charge is 2.12. The van der Waals surface area contributed by atoms with Gasteiger partial charge >= 0.3 is 0 Å². The summed E-state index contributed by atoms with van der Waals surface area (Å²) in [6.45, 7) is 3.71. The molecule has 0 spiro atoms. The third kappa shape index (κ3) is 4.35. The van der Waals surface area contributed by atoms with E-state index in [9.17, 15) is 9.18 Å². The highest BCUT2D eigenvalue weighted by Crippen LogP contribution is 2.10. The summed E-state index contributed by atoms with van der Waals surface area (Å²) in [7, 11) is 0. The molecule has 0 saturated heterocycles. The van der Waals surface area contributed by atoms with E-state index in [0.29, 0.717) is 11.4 Å². The third-order valence-electron chi connectivity index (χ3n) is 2.59. The molecule has 1 N–H and O–H groups in total. The second kappa shape index (κ2) is 6.60. The van der Waals surface area contributed by atoms with E-state index in [1.54, 1.807) is 13.0 Å². The molecule has 1 unspecified atom stereocenters. The van der Waals surface area contributed by atoms with Crippen LogP contribution in [0.3, 0.4) is 0 Å². The topological polar surface area (TPSA) is 29.1 Å². The molecule has 0 aliphatic carbocycles. The summed E-state index contributed by atoms with van der Waals surface area (Å²) in [4.78, 5) is 11.9. The molecule has 0 saturated carbocycles. The zero-order valence-electron chi connectivity index (χ0n) is 10.1. The van der Waals surface area contributed by atoms with Gasteiger partial charge in [0.15, 0.2) is 0 Å². The Kier molecular flexibility index (Phi) is 5.42. The molecule has 4 heteroatoms. The number of rotatable bonds is 5. The molecule has 0 aromatic heterocycles. The third-order valence-corrected chi connectivity index (χ3v) is 2.86. The van der Waals surface area contributed by atoms with E-state index in [4.69, 9.17) is 11.6 Å². The Morgan fingerprint density at radius 3 is 2.88 bits per heavy atom. The van der Waals surface area contributed by atoms with E-state index in [-0.39, 0.29) is 11.9 Å². The van der Waals surface area contributed by atoms with Gasteiger partial charge in [0.05, 0.1) is 0 Å². The summed E-state index contributed by atoms with van der Waals surface area (Å²) in [5.41, 5.74) is 1.16.